The number of benzene rings is 1. The quantitative estimate of drug-likeness (QED) is 0.510. The van der Waals surface area contributed by atoms with E-state index in [1.807, 2.05) is 36.4 Å². The molecule has 0 amide bonds. The zero-order valence-corrected chi connectivity index (χ0v) is 11.2. The highest BCUT2D eigenvalue weighted by Crippen LogP contribution is 2.15. The molecule has 0 atom stereocenters. The van der Waals surface area contributed by atoms with E-state index in [1.165, 1.54) is 32.1 Å². The van der Waals surface area contributed by atoms with E-state index in [9.17, 15) is 0 Å². The van der Waals surface area contributed by atoms with Gasteiger partial charge in [-0.25, -0.2) is 0 Å². The molecule has 0 saturated heterocycles. The highest BCUT2D eigenvalue weighted by atomic mass is 14.0. The fourth-order valence-electron chi connectivity index (χ4n) is 1.03. The minimum absolute atomic E-state index is 1.14. The van der Waals surface area contributed by atoms with Crippen molar-refractivity contribution in [2.24, 2.45) is 0 Å². The lowest BCUT2D eigenvalue weighted by molar-refractivity contribution is 0.504. The van der Waals surface area contributed by atoms with E-state index < -0.39 is 0 Å². The molecule has 1 saturated carbocycles. The van der Waals surface area contributed by atoms with Gasteiger partial charge in [0.1, 0.15) is 0 Å². The standard InChI is InChI=1S/C6H6.C5H6.C4H8.C3H4/c1-2-4-6-5-3-1;1-2-4-5-3-1;1-2-4-3-1;1-2-3-1/h1-6H;1-4H,5H2;1-4H2;1-2H,3H2. The Morgan fingerprint density at radius 1 is 0.389 bits per heavy atom. The Morgan fingerprint density at radius 2 is 0.667 bits per heavy atom. The van der Waals surface area contributed by atoms with E-state index in [1.54, 1.807) is 0 Å². The van der Waals surface area contributed by atoms with Crippen molar-refractivity contribution in [3.63, 3.8) is 0 Å². The van der Waals surface area contributed by atoms with E-state index in [2.05, 4.69) is 36.5 Å². The molecule has 1 aromatic carbocycles. The summed E-state index contributed by atoms with van der Waals surface area (Å²) in [5.74, 6) is 0. The lowest BCUT2D eigenvalue weighted by Crippen LogP contribution is -1.85. The normalized spacial score (nSPS) is 16.0. The van der Waals surface area contributed by atoms with Crippen molar-refractivity contribution in [3.8, 4) is 0 Å². The summed E-state index contributed by atoms with van der Waals surface area (Å²) >= 11 is 0. The maximum absolute atomic E-state index is 2.12. The average molecular weight is 240 g/mol. The number of allylic oxidation sites excluding steroid dienone is 6. The van der Waals surface area contributed by atoms with Crippen molar-refractivity contribution in [2.45, 2.75) is 38.5 Å². The van der Waals surface area contributed by atoms with Crippen LogP contribution in [0.15, 0.2) is 72.9 Å². The van der Waals surface area contributed by atoms with E-state index in [0.29, 0.717) is 0 Å². The summed E-state index contributed by atoms with van der Waals surface area (Å²) in [7, 11) is 0. The van der Waals surface area contributed by atoms with Gasteiger partial charge < -0.3 is 0 Å². The first-order valence-electron chi connectivity index (χ1n) is 6.97. The molecule has 1 aromatic rings. The molecular formula is C18H24. The van der Waals surface area contributed by atoms with Crippen LogP contribution in [0.4, 0.5) is 0 Å². The third kappa shape index (κ3) is 12.5. The first kappa shape index (κ1) is 14.5. The van der Waals surface area contributed by atoms with E-state index >= 15 is 0 Å². The van der Waals surface area contributed by atoms with Crippen molar-refractivity contribution in [1.29, 1.82) is 0 Å². The van der Waals surface area contributed by atoms with Gasteiger partial charge in [0.2, 0.25) is 0 Å². The molecule has 0 aromatic heterocycles. The van der Waals surface area contributed by atoms with Crippen LogP contribution in [0.1, 0.15) is 38.5 Å². The maximum Gasteiger partial charge on any atom is -0.0163 e. The van der Waals surface area contributed by atoms with Crippen LogP contribution in [0.25, 0.3) is 0 Å². The molecular weight excluding hydrogens is 216 g/mol. The summed E-state index contributed by atoms with van der Waals surface area (Å²) in [5.41, 5.74) is 0. The van der Waals surface area contributed by atoms with Crippen molar-refractivity contribution in [1.82, 2.24) is 0 Å². The van der Waals surface area contributed by atoms with Crippen molar-refractivity contribution < 1.29 is 0 Å². The molecule has 0 N–H and O–H groups in total. The lowest BCUT2D eigenvalue weighted by atomic mass is 10.0. The fourth-order valence-corrected chi connectivity index (χ4v) is 1.03. The monoisotopic (exact) mass is 240 g/mol. The topological polar surface area (TPSA) is 0 Å². The zero-order chi connectivity index (χ0) is 12.7. The van der Waals surface area contributed by atoms with Crippen molar-refractivity contribution in [2.75, 3.05) is 0 Å². The smallest absolute Gasteiger partial charge is 0.0163 e. The lowest BCUT2D eigenvalue weighted by Gasteiger charge is -2.05. The Morgan fingerprint density at radius 3 is 0.778 bits per heavy atom. The molecule has 96 valence electrons. The molecule has 18 heavy (non-hydrogen) atoms. The van der Waals surface area contributed by atoms with Crippen LogP contribution in [0, 0.1) is 0 Å². The molecule has 0 spiro atoms. The first-order chi connectivity index (χ1) is 9.00. The van der Waals surface area contributed by atoms with Gasteiger partial charge in [0, 0.05) is 0 Å². The first-order valence-corrected chi connectivity index (χ1v) is 6.97. The highest BCUT2D eigenvalue weighted by Gasteiger charge is 1.95. The second-order valence-corrected chi connectivity index (χ2v) is 4.37. The summed E-state index contributed by atoms with van der Waals surface area (Å²) in [6.45, 7) is 0. The molecule has 0 nitrogen and oxygen atoms in total. The Balaban J connectivity index is 0.000000123. The van der Waals surface area contributed by atoms with Crippen molar-refractivity contribution in [3.05, 3.63) is 72.9 Å². The van der Waals surface area contributed by atoms with E-state index in [0.717, 1.165) is 6.42 Å². The van der Waals surface area contributed by atoms with Gasteiger partial charge in [-0.15, -0.1) is 0 Å². The number of hydrogen-bond acceptors (Lipinski definition) is 0. The second kappa shape index (κ2) is 11.9. The van der Waals surface area contributed by atoms with E-state index in [-0.39, 0.29) is 0 Å². The van der Waals surface area contributed by atoms with Gasteiger partial charge in [-0.2, -0.15) is 0 Å². The van der Waals surface area contributed by atoms with Crippen LogP contribution in [0.3, 0.4) is 0 Å². The summed E-state index contributed by atoms with van der Waals surface area (Å²) in [6.07, 6.45) is 21.0. The summed E-state index contributed by atoms with van der Waals surface area (Å²) < 4.78 is 0. The van der Waals surface area contributed by atoms with Crippen LogP contribution in [0.2, 0.25) is 0 Å². The van der Waals surface area contributed by atoms with Gasteiger partial charge >= 0.3 is 0 Å². The fraction of sp³-hybridized carbons (Fsp3) is 0.333. The predicted octanol–water partition coefficient (Wildman–Crippen LogP) is 5.70. The highest BCUT2D eigenvalue weighted by molar-refractivity contribution is 5.12. The summed E-state index contributed by atoms with van der Waals surface area (Å²) in [6, 6.07) is 12.0. The molecule has 4 rings (SSSR count). The molecule has 0 aliphatic heterocycles. The third-order valence-electron chi connectivity index (χ3n) is 2.56. The van der Waals surface area contributed by atoms with Gasteiger partial charge in [-0.1, -0.05) is 98.5 Å². The number of hydrogen-bond donors (Lipinski definition) is 0. The molecule has 3 aliphatic rings. The van der Waals surface area contributed by atoms with Crippen LogP contribution in [-0.2, 0) is 0 Å². The van der Waals surface area contributed by atoms with Crippen LogP contribution < -0.4 is 0 Å². The Bertz CT molecular complexity index is 295. The molecule has 0 unspecified atom stereocenters. The zero-order valence-electron chi connectivity index (χ0n) is 11.2. The molecule has 3 aliphatic carbocycles. The third-order valence-corrected chi connectivity index (χ3v) is 2.56. The Labute approximate surface area is 112 Å². The SMILES string of the molecule is C1=CC1.C1=CCC=C1.C1CCC1.c1ccccc1. The molecule has 1 fully saturated rings. The molecule has 0 radical (unpaired) electrons. The summed E-state index contributed by atoms with van der Waals surface area (Å²) in [5, 5.41) is 0. The Kier molecular flexibility index (Phi) is 9.60. The van der Waals surface area contributed by atoms with Gasteiger partial charge in [0.05, 0.1) is 0 Å². The van der Waals surface area contributed by atoms with Gasteiger partial charge in [0.25, 0.3) is 0 Å². The van der Waals surface area contributed by atoms with Crippen LogP contribution in [-0.4, -0.2) is 0 Å². The molecule has 0 heterocycles. The van der Waals surface area contributed by atoms with E-state index in [4.69, 9.17) is 0 Å². The van der Waals surface area contributed by atoms with Crippen molar-refractivity contribution >= 4 is 0 Å². The minimum atomic E-state index is 1.14. The summed E-state index contributed by atoms with van der Waals surface area (Å²) in [4.78, 5) is 0. The van der Waals surface area contributed by atoms with Gasteiger partial charge in [-0.05, 0) is 12.8 Å². The van der Waals surface area contributed by atoms with Gasteiger partial charge in [-0.3, -0.25) is 0 Å². The number of rotatable bonds is 0. The largest absolute Gasteiger partial charge is 0.0844 e. The Hall–Kier alpha value is -1.56. The maximum atomic E-state index is 2.12. The second-order valence-electron chi connectivity index (χ2n) is 4.37. The minimum Gasteiger partial charge on any atom is -0.0844 e. The van der Waals surface area contributed by atoms with Crippen LogP contribution in [0.5, 0.6) is 0 Å². The molecule has 0 heteroatoms. The van der Waals surface area contributed by atoms with Crippen LogP contribution >= 0.6 is 0 Å². The average Bonchev–Trinajstić information content (AvgIpc) is 3.12. The predicted molar refractivity (Wildman–Crippen MR) is 81.6 cm³/mol. The molecule has 0 bridgehead atoms. The van der Waals surface area contributed by atoms with Gasteiger partial charge in [0.15, 0.2) is 0 Å².